The van der Waals surface area contributed by atoms with Crippen molar-refractivity contribution in [3.05, 3.63) is 11.3 Å². The maximum absolute atomic E-state index is 11.6. The summed E-state index contributed by atoms with van der Waals surface area (Å²) in [5.41, 5.74) is 0.781. The van der Waals surface area contributed by atoms with Gasteiger partial charge in [-0.3, -0.25) is 0 Å². The highest BCUT2D eigenvalue weighted by Gasteiger charge is 2.31. The fourth-order valence-corrected chi connectivity index (χ4v) is 2.02. The Labute approximate surface area is 84.1 Å². The minimum atomic E-state index is -0.149. The number of hydrogen-bond acceptors (Lipinski definition) is 3. The lowest BCUT2D eigenvalue weighted by molar-refractivity contribution is -0.148. The van der Waals surface area contributed by atoms with Gasteiger partial charge in [-0.2, -0.15) is 0 Å². The van der Waals surface area contributed by atoms with Gasteiger partial charge >= 0.3 is 5.97 Å². The highest BCUT2D eigenvalue weighted by molar-refractivity contribution is 5.90. The molecule has 0 radical (unpaired) electrons. The van der Waals surface area contributed by atoms with Crippen LogP contribution in [0.2, 0.25) is 0 Å². The van der Waals surface area contributed by atoms with Crippen LogP contribution >= 0.6 is 0 Å². The molecule has 2 aliphatic heterocycles. The molecule has 3 nitrogen and oxygen atoms in total. The molecule has 78 valence electrons. The van der Waals surface area contributed by atoms with Crippen LogP contribution in [-0.2, 0) is 14.3 Å². The first-order valence-corrected chi connectivity index (χ1v) is 5.37. The van der Waals surface area contributed by atoms with Crippen molar-refractivity contribution in [1.29, 1.82) is 0 Å². The van der Waals surface area contributed by atoms with E-state index in [2.05, 4.69) is 6.92 Å². The summed E-state index contributed by atoms with van der Waals surface area (Å²) >= 11 is 0. The molecular formula is C11H16O3. The summed E-state index contributed by atoms with van der Waals surface area (Å²) in [5, 5.41) is 0. The molecular weight excluding hydrogens is 180 g/mol. The number of rotatable bonds is 2. The van der Waals surface area contributed by atoms with Crippen molar-refractivity contribution in [3.63, 3.8) is 0 Å². The Hall–Kier alpha value is -0.990. The molecule has 3 heteroatoms. The second-order valence-corrected chi connectivity index (χ2v) is 3.87. The molecule has 0 aromatic carbocycles. The van der Waals surface area contributed by atoms with Crippen LogP contribution in [0.5, 0.6) is 0 Å². The topological polar surface area (TPSA) is 35.5 Å². The molecule has 0 aromatic heterocycles. The van der Waals surface area contributed by atoms with Crippen LogP contribution in [-0.4, -0.2) is 18.7 Å². The summed E-state index contributed by atoms with van der Waals surface area (Å²) in [6.45, 7) is 2.85. The molecule has 0 fully saturated rings. The van der Waals surface area contributed by atoms with Gasteiger partial charge in [0.25, 0.3) is 0 Å². The van der Waals surface area contributed by atoms with E-state index in [0.717, 1.165) is 50.0 Å². The van der Waals surface area contributed by atoms with Crippen LogP contribution in [0.15, 0.2) is 11.3 Å². The summed E-state index contributed by atoms with van der Waals surface area (Å²) in [7, 11) is 0. The van der Waals surface area contributed by atoms with Gasteiger partial charge in [0.05, 0.1) is 12.2 Å². The molecule has 2 aliphatic rings. The lowest BCUT2D eigenvalue weighted by Crippen LogP contribution is -2.29. The van der Waals surface area contributed by atoms with Gasteiger partial charge in [-0.15, -0.1) is 0 Å². The lowest BCUT2D eigenvalue weighted by atomic mass is 9.99. The van der Waals surface area contributed by atoms with Crippen molar-refractivity contribution < 1.29 is 14.3 Å². The molecule has 0 saturated heterocycles. The molecule has 2 rings (SSSR count). The van der Waals surface area contributed by atoms with Gasteiger partial charge in [-0.25, -0.2) is 4.79 Å². The fraction of sp³-hybridized carbons (Fsp3) is 0.727. The molecule has 1 unspecified atom stereocenters. The molecule has 0 aromatic rings. The van der Waals surface area contributed by atoms with Crippen LogP contribution in [0, 0.1) is 0 Å². The molecule has 0 aliphatic carbocycles. The monoisotopic (exact) mass is 196 g/mol. The van der Waals surface area contributed by atoms with Gasteiger partial charge in [-0.1, -0.05) is 13.3 Å². The molecule has 0 amide bonds. The van der Waals surface area contributed by atoms with E-state index in [1.165, 1.54) is 0 Å². The molecule has 0 bridgehead atoms. The zero-order valence-electron chi connectivity index (χ0n) is 8.54. The van der Waals surface area contributed by atoms with Crippen molar-refractivity contribution >= 4 is 5.97 Å². The molecule has 0 saturated carbocycles. The van der Waals surface area contributed by atoms with Gasteiger partial charge in [-0.05, 0) is 19.3 Å². The van der Waals surface area contributed by atoms with Crippen molar-refractivity contribution in [2.75, 3.05) is 6.61 Å². The van der Waals surface area contributed by atoms with Gasteiger partial charge in [0.1, 0.15) is 11.9 Å². The average molecular weight is 196 g/mol. The molecule has 14 heavy (non-hydrogen) atoms. The standard InChI is InChI=1S/C11H16O3/c1-2-4-8-7-10-9(11(12)14-8)5-3-6-13-10/h8H,2-7H2,1H3. The van der Waals surface area contributed by atoms with Crippen LogP contribution in [0.25, 0.3) is 0 Å². The highest BCUT2D eigenvalue weighted by Crippen LogP contribution is 2.30. The van der Waals surface area contributed by atoms with Gasteiger partial charge < -0.3 is 9.47 Å². The van der Waals surface area contributed by atoms with Gasteiger partial charge in [0.15, 0.2) is 0 Å². The van der Waals surface area contributed by atoms with Crippen LogP contribution < -0.4 is 0 Å². The van der Waals surface area contributed by atoms with E-state index in [1.54, 1.807) is 0 Å². The minimum absolute atomic E-state index is 0.0457. The summed E-state index contributed by atoms with van der Waals surface area (Å²) < 4.78 is 10.8. The average Bonchev–Trinajstić information content (AvgIpc) is 2.18. The number of cyclic esters (lactones) is 1. The number of ether oxygens (including phenoxy) is 2. The zero-order chi connectivity index (χ0) is 9.97. The molecule has 1 atom stereocenters. The molecule has 2 heterocycles. The smallest absolute Gasteiger partial charge is 0.337 e. The van der Waals surface area contributed by atoms with Crippen molar-refractivity contribution in [3.8, 4) is 0 Å². The molecule has 0 spiro atoms. The van der Waals surface area contributed by atoms with Crippen LogP contribution in [0.3, 0.4) is 0 Å². The second kappa shape index (κ2) is 4.03. The Balaban J connectivity index is 2.11. The number of carbonyl (C=O) groups is 1. The van der Waals surface area contributed by atoms with E-state index in [0.29, 0.717) is 0 Å². The molecule has 0 N–H and O–H groups in total. The maximum Gasteiger partial charge on any atom is 0.337 e. The minimum Gasteiger partial charge on any atom is -0.497 e. The third-order valence-corrected chi connectivity index (χ3v) is 2.73. The Morgan fingerprint density at radius 3 is 3.14 bits per heavy atom. The number of hydrogen-bond donors (Lipinski definition) is 0. The van der Waals surface area contributed by atoms with Crippen molar-refractivity contribution in [1.82, 2.24) is 0 Å². The van der Waals surface area contributed by atoms with E-state index >= 15 is 0 Å². The van der Waals surface area contributed by atoms with Crippen LogP contribution in [0.1, 0.15) is 39.0 Å². The van der Waals surface area contributed by atoms with E-state index in [9.17, 15) is 4.79 Å². The largest absolute Gasteiger partial charge is 0.497 e. The predicted octanol–water partition coefficient (Wildman–Crippen LogP) is 2.17. The Morgan fingerprint density at radius 2 is 2.36 bits per heavy atom. The lowest BCUT2D eigenvalue weighted by Gasteiger charge is -2.29. The highest BCUT2D eigenvalue weighted by atomic mass is 16.6. The number of carbonyl (C=O) groups excluding carboxylic acids is 1. The summed E-state index contributed by atoms with van der Waals surface area (Å²) in [6, 6.07) is 0. The van der Waals surface area contributed by atoms with Crippen LogP contribution in [0.4, 0.5) is 0 Å². The third-order valence-electron chi connectivity index (χ3n) is 2.73. The normalized spacial score (nSPS) is 26.6. The van der Waals surface area contributed by atoms with E-state index in [1.807, 2.05) is 0 Å². The Bertz CT molecular complexity index is 268. The van der Waals surface area contributed by atoms with Gasteiger partial charge in [0, 0.05) is 6.42 Å². The van der Waals surface area contributed by atoms with E-state index < -0.39 is 0 Å². The first-order chi connectivity index (χ1) is 6.81. The summed E-state index contributed by atoms with van der Waals surface area (Å²) in [4.78, 5) is 11.6. The first-order valence-electron chi connectivity index (χ1n) is 5.37. The van der Waals surface area contributed by atoms with Crippen molar-refractivity contribution in [2.24, 2.45) is 0 Å². The van der Waals surface area contributed by atoms with Crippen molar-refractivity contribution in [2.45, 2.75) is 45.1 Å². The van der Waals surface area contributed by atoms with E-state index in [-0.39, 0.29) is 12.1 Å². The SMILES string of the molecule is CCCC1CC2=C(CCCO2)C(=O)O1. The maximum atomic E-state index is 11.6. The first kappa shape index (κ1) is 9.56. The quantitative estimate of drug-likeness (QED) is 0.635. The Morgan fingerprint density at radius 1 is 1.50 bits per heavy atom. The summed E-state index contributed by atoms with van der Waals surface area (Å²) in [6.07, 6.45) is 4.57. The zero-order valence-corrected chi connectivity index (χ0v) is 8.54. The van der Waals surface area contributed by atoms with E-state index in [4.69, 9.17) is 9.47 Å². The van der Waals surface area contributed by atoms with Gasteiger partial charge in [0.2, 0.25) is 0 Å². The summed E-state index contributed by atoms with van der Waals surface area (Å²) in [5.74, 6) is 0.746. The number of esters is 1. The Kier molecular flexibility index (Phi) is 2.75. The fourth-order valence-electron chi connectivity index (χ4n) is 2.02. The predicted molar refractivity (Wildman–Crippen MR) is 51.6 cm³/mol. The third kappa shape index (κ3) is 1.76. The second-order valence-electron chi connectivity index (χ2n) is 3.87.